The van der Waals surface area contributed by atoms with Crippen molar-refractivity contribution in [2.75, 3.05) is 19.4 Å². The second-order valence-electron chi connectivity index (χ2n) is 4.48. The average Bonchev–Trinajstić information content (AvgIpc) is 2.82. The second-order valence-corrected chi connectivity index (χ2v) is 6.58. The Labute approximate surface area is 132 Å². The van der Waals surface area contributed by atoms with Crippen molar-refractivity contribution in [1.82, 2.24) is 15.0 Å². The third-order valence-corrected chi connectivity index (χ3v) is 4.84. The molecular formula is C11H20N5O6P. The molecule has 0 aliphatic heterocycles. The third-order valence-electron chi connectivity index (χ3n) is 2.67. The van der Waals surface area contributed by atoms with Gasteiger partial charge in [-0.05, 0) is 13.8 Å². The van der Waals surface area contributed by atoms with E-state index in [9.17, 15) is 19.3 Å². The molecule has 1 aromatic rings. The number of aliphatic hydroxyl groups is 1. The predicted molar refractivity (Wildman–Crippen MR) is 78.8 cm³/mol. The van der Waals surface area contributed by atoms with E-state index in [-0.39, 0.29) is 31.6 Å². The molecular weight excluding hydrogens is 329 g/mol. The summed E-state index contributed by atoms with van der Waals surface area (Å²) in [5.74, 6) is -1.96. The molecule has 12 heteroatoms. The Morgan fingerprint density at radius 2 is 1.83 bits per heavy atom. The molecule has 130 valence electrons. The number of hydrogen-bond donors (Lipinski definition) is 3. The molecule has 0 spiro atoms. The van der Waals surface area contributed by atoms with Crippen LogP contribution in [0.1, 0.15) is 34.8 Å². The number of hydrogen-bond acceptors (Lipinski definition) is 8. The van der Waals surface area contributed by atoms with Crippen LogP contribution in [0.2, 0.25) is 0 Å². The first kappa shape index (κ1) is 19.2. The minimum atomic E-state index is -3.48. The van der Waals surface area contributed by atoms with Gasteiger partial charge in [0.05, 0.1) is 32.0 Å². The smallest absolute Gasteiger partial charge is 0.333 e. The van der Waals surface area contributed by atoms with Gasteiger partial charge in [-0.25, -0.2) is 4.68 Å². The second kappa shape index (κ2) is 8.16. The van der Waals surface area contributed by atoms with Gasteiger partial charge in [0.2, 0.25) is 0 Å². The average molecular weight is 349 g/mol. The van der Waals surface area contributed by atoms with Crippen molar-refractivity contribution in [3.8, 4) is 0 Å². The van der Waals surface area contributed by atoms with E-state index in [1.165, 1.54) is 0 Å². The van der Waals surface area contributed by atoms with Gasteiger partial charge in [0.1, 0.15) is 0 Å². The van der Waals surface area contributed by atoms with E-state index >= 15 is 0 Å². The Kier molecular flexibility index (Phi) is 6.82. The fraction of sp³-hybridized carbons (Fsp3) is 0.636. The molecule has 0 radical (unpaired) electrons. The maximum atomic E-state index is 12.3. The highest BCUT2D eigenvalue weighted by molar-refractivity contribution is 7.53. The zero-order valence-electron chi connectivity index (χ0n) is 12.8. The standard InChI is InChI=1S/C11H20N5O6P/c1-3-21-23(20,22-4-2)6-7(17)5-16-9(11(13)19)8(10(12)18)14-15-16/h7,17H,3-6H2,1-2H3,(H2,12,18)(H2,13,19). The first-order chi connectivity index (χ1) is 10.7. The number of carbonyl (C=O) groups excluding carboxylic acids is 2. The zero-order chi connectivity index (χ0) is 17.6. The molecule has 1 aromatic heterocycles. The number of primary amides is 2. The molecule has 0 saturated carbocycles. The van der Waals surface area contributed by atoms with E-state index in [0.717, 1.165) is 4.68 Å². The van der Waals surface area contributed by atoms with Gasteiger partial charge in [0.15, 0.2) is 11.4 Å². The Bertz CT molecular complexity index is 608. The largest absolute Gasteiger partial charge is 0.391 e. The van der Waals surface area contributed by atoms with Gasteiger partial charge in [0, 0.05) is 0 Å². The summed E-state index contributed by atoms with van der Waals surface area (Å²) >= 11 is 0. The fourth-order valence-electron chi connectivity index (χ4n) is 1.90. The van der Waals surface area contributed by atoms with Crippen molar-refractivity contribution in [3.05, 3.63) is 11.4 Å². The molecule has 2 amide bonds. The zero-order valence-corrected chi connectivity index (χ0v) is 13.7. The van der Waals surface area contributed by atoms with E-state index < -0.39 is 31.2 Å². The topological polar surface area (TPSA) is 173 Å². The Morgan fingerprint density at radius 3 is 2.26 bits per heavy atom. The lowest BCUT2D eigenvalue weighted by molar-refractivity contribution is 0.0953. The minimum Gasteiger partial charge on any atom is -0.391 e. The maximum Gasteiger partial charge on any atom is 0.333 e. The molecule has 1 unspecified atom stereocenters. The molecule has 0 aliphatic rings. The lowest BCUT2D eigenvalue weighted by Crippen LogP contribution is -2.28. The number of rotatable bonds is 10. The molecule has 1 rings (SSSR count). The normalized spacial score (nSPS) is 13.0. The summed E-state index contributed by atoms with van der Waals surface area (Å²) in [6.07, 6.45) is -1.56. The molecule has 23 heavy (non-hydrogen) atoms. The van der Waals surface area contributed by atoms with Gasteiger partial charge in [-0.2, -0.15) is 0 Å². The first-order valence-electron chi connectivity index (χ1n) is 6.83. The summed E-state index contributed by atoms with van der Waals surface area (Å²) in [5, 5.41) is 17.1. The van der Waals surface area contributed by atoms with Crippen molar-refractivity contribution in [2.45, 2.75) is 26.5 Å². The number of nitrogens with zero attached hydrogens (tertiary/aromatic N) is 3. The van der Waals surface area contributed by atoms with Crippen LogP contribution in [-0.4, -0.2) is 57.4 Å². The minimum absolute atomic E-state index is 0.145. The van der Waals surface area contributed by atoms with Crippen LogP contribution in [0, 0.1) is 0 Å². The summed E-state index contributed by atoms with van der Waals surface area (Å²) < 4.78 is 23.4. The van der Waals surface area contributed by atoms with Crippen LogP contribution >= 0.6 is 7.60 Å². The van der Waals surface area contributed by atoms with Crippen LogP contribution in [0.4, 0.5) is 0 Å². The third kappa shape index (κ3) is 5.10. The number of carbonyl (C=O) groups is 2. The summed E-state index contributed by atoms with van der Waals surface area (Å²) in [7, 11) is -3.48. The quantitative estimate of drug-likeness (QED) is 0.456. The van der Waals surface area contributed by atoms with Crippen LogP contribution in [-0.2, 0) is 20.2 Å². The first-order valence-corrected chi connectivity index (χ1v) is 8.56. The maximum absolute atomic E-state index is 12.3. The van der Waals surface area contributed by atoms with Crippen LogP contribution < -0.4 is 11.5 Å². The van der Waals surface area contributed by atoms with Crippen molar-refractivity contribution in [2.24, 2.45) is 11.5 Å². The van der Waals surface area contributed by atoms with Gasteiger partial charge >= 0.3 is 7.60 Å². The predicted octanol–water partition coefficient (Wildman–Crippen LogP) is -0.897. The van der Waals surface area contributed by atoms with Crippen molar-refractivity contribution < 1.29 is 28.3 Å². The summed E-state index contributed by atoms with van der Waals surface area (Å²) in [6, 6.07) is 0. The van der Waals surface area contributed by atoms with E-state index in [4.69, 9.17) is 20.5 Å². The van der Waals surface area contributed by atoms with E-state index in [1.54, 1.807) is 13.8 Å². The number of nitrogens with two attached hydrogens (primary N) is 2. The molecule has 0 aliphatic carbocycles. The fourth-order valence-corrected chi connectivity index (χ4v) is 3.61. The molecule has 5 N–H and O–H groups in total. The van der Waals surface area contributed by atoms with Gasteiger partial charge < -0.3 is 25.6 Å². The van der Waals surface area contributed by atoms with Crippen molar-refractivity contribution >= 4 is 19.4 Å². The number of amides is 2. The highest BCUT2D eigenvalue weighted by Gasteiger charge is 2.30. The number of aliphatic hydroxyl groups excluding tert-OH is 1. The summed E-state index contributed by atoms with van der Waals surface area (Å²) in [6.45, 7) is 3.28. The van der Waals surface area contributed by atoms with Gasteiger partial charge in [-0.3, -0.25) is 14.2 Å². The Morgan fingerprint density at radius 1 is 1.26 bits per heavy atom. The summed E-state index contributed by atoms with van der Waals surface area (Å²) in [5.41, 5.74) is 9.50. The Balaban J connectivity index is 2.93. The molecule has 1 heterocycles. The molecule has 0 fully saturated rings. The molecule has 11 nitrogen and oxygen atoms in total. The highest BCUT2D eigenvalue weighted by atomic mass is 31.2. The summed E-state index contributed by atoms with van der Waals surface area (Å²) in [4.78, 5) is 22.6. The van der Waals surface area contributed by atoms with Crippen LogP contribution in [0.15, 0.2) is 0 Å². The van der Waals surface area contributed by atoms with Crippen molar-refractivity contribution in [3.63, 3.8) is 0 Å². The van der Waals surface area contributed by atoms with Crippen LogP contribution in [0.3, 0.4) is 0 Å². The molecule has 0 bridgehead atoms. The van der Waals surface area contributed by atoms with Crippen molar-refractivity contribution in [1.29, 1.82) is 0 Å². The van der Waals surface area contributed by atoms with E-state index in [2.05, 4.69) is 10.3 Å². The highest BCUT2D eigenvalue weighted by Crippen LogP contribution is 2.48. The lowest BCUT2D eigenvalue weighted by Gasteiger charge is -2.20. The van der Waals surface area contributed by atoms with Gasteiger partial charge in [-0.1, -0.05) is 5.21 Å². The molecule has 0 saturated heterocycles. The van der Waals surface area contributed by atoms with Gasteiger partial charge in [-0.15, -0.1) is 5.10 Å². The monoisotopic (exact) mass is 349 g/mol. The lowest BCUT2D eigenvalue weighted by atomic mass is 10.3. The molecule has 1 atom stereocenters. The van der Waals surface area contributed by atoms with Gasteiger partial charge in [0.25, 0.3) is 11.8 Å². The number of aromatic nitrogens is 3. The van der Waals surface area contributed by atoms with Crippen LogP contribution in [0.25, 0.3) is 0 Å². The molecule has 0 aromatic carbocycles. The SMILES string of the molecule is CCOP(=O)(CC(O)Cn1nnc(C(N)=O)c1C(N)=O)OCC. The Hall–Kier alpha value is -1.81. The van der Waals surface area contributed by atoms with Crippen LogP contribution in [0.5, 0.6) is 0 Å². The van der Waals surface area contributed by atoms with E-state index in [0.29, 0.717) is 0 Å². The van der Waals surface area contributed by atoms with E-state index in [1.807, 2.05) is 0 Å².